The Kier molecular flexibility index (Phi) is 3.84. The van der Waals surface area contributed by atoms with E-state index in [0.717, 1.165) is 35.9 Å². The highest BCUT2D eigenvalue weighted by Crippen LogP contribution is 2.37. The third kappa shape index (κ3) is 2.88. The summed E-state index contributed by atoms with van der Waals surface area (Å²) in [4.78, 5) is 5.36. The first-order valence-corrected chi connectivity index (χ1v) is 9.45. The summed E-state index contributed by atoms with van der Waals surface area (Å²) in [5.41, 5.74) is 2.06. The molecule has 3 fully saturated rings. The van der Waals surface area contributed by atoms with Gasteiger partial charge in [-0.25, -0.2) is 4.68 Å². The summed E-state index contributed by atoms with van der Waals surface area (Å²) in [6, 6.07) is 12.6. The molecule has 1 aromatic heterocycles. The van der Waals surface area contributed by atoms with Crippen molar-refractivity contribution >= 4 is 0 Å². The number of rotatable bonds is 3. The molecule has 0 unspecified atom stereocenters. The minimum Gasteiger partial charge on any atom is -0.295 e. The van der Waals surface area contributed by atoms with E-state index in [0.29, 0.717) is 0 Å². The number of benzene rings is 1. The van der Waals surface area contributed by atoms with Crippen molar-refractivity contribution in [3.63, 3.8) is 0 Å². The van der Waals surface area contributed by atoms with Gasteiger partial charge in [0.25, 0.3) is 0 Å². The van der Waals surface area contributed by atoms with Crippen molar-refractivity contribution in [2.45, 2.75) is 43.8 Å². The molecule has 1 aromatic carbocycles. The van der Waals surface area contributed by atoms with Crippen LogP contribution in [0.25, 0.3) is 5.69 Å². The SMILES string of the molecule is C(#Cc1cnn(-c2ccccc2)c1)CN1C[C@@H]2C[C@H]1CN2C1CCC1. The Labute approximate surface area is 149 Å². The molecular weight excluding hydrogens is 308 g/mol. The van der Waals surface area contributed by atoms with Crippen molar-refractivity contribution < 1.29 is 0 Å². The number of fused-ring (bicyclic) bond motifs is 2. The Morgan fingerprint density at radius 2 is 1.92 bits per heavy atom. The van der Waals surface area contributed by atoms with Crippen LogP contribution in [0.2, 0.25) is 0 Å². The van der Waals surface area contributed by atoms with Gasteiger partial charge < -0.3 is 0 Å². The lowest BCUT2D eigenvalue weighted by Crippen LogP contribution is -2.52. The fraction of sp³-hybridized carbons (Fsp3) is 0.476. The van der Waals surface area contributed by atoms with Gasteiger partial charge in [-0.05, 0) is 31.4 Å². The van der Waals surface area contributed by atoms with Crippen LogP contribution in [0, 0.1) is 11.8 Å². The lowest BCUT2D eigenvalue weighted by molar-refractivity contribution is 0.0623. The Balaban J connectivity index is 1.19. The fourth-order valence-electron chi connectivity index (χ4n) is 4.49. The molecule has 3 aliphatic rings. The van der Waals surface area contributed by atoms with Gasteiger partial charge in [0.2, 0.25) is 0 Å². The molecule has 128 valence electrons. The lowest BCUT2D eigenvalue weighted by Gasteiger charge is -2.42. The summed E-state index contributed by atoms with van der Waals surface area (Å²) in [5.74, 6) is 6.66. The van der Waals surface area contributed by atoms with Gasteiger partial charge in [0, 0.05) is 37.4 Å². The van der Waals surface area contributed by atoms with Crippen molar-refractivity contribution in [2.24, 2.45) is 0 Å². The molecule has 5 rings (SSSR count). The number of piperazine rings is 1. The van der Waals surface area contributed by atoms with E-state index in [4.69, 9.17) is 0 Å². The zero-order valence-corrected chi connectivity index (χ0v) is 14.5. The minimum atomic E-state index is 0.729. The first-order valence-electron chi connectivity index (χ1n) is 9.45. The van der Waals surface area contributed by atoms with Gasteiger partial charge in [-0.1, -0.05) is 36.5 Å². The van der Waals surface area contributed by atoms with E-state index in [2.05, 4.69) is 38.9 Å². The predicted octanol–water partition coefficient (Wildman–Crippen LogP) is 2.53. The molecule has 4 nitrogen and oxygen atoms in total. The number of para-hydroxylation sites is 1. The van der Waals surface area contributed by atoms with E-state index in [9.17, 15) is 0 Å². The van der Waals surface area contributed by atoms with Crippen LogP contribution in [0.3, 0.4) is 0 Å². The Morgan fingerprint density at radius 1 is 1.04 bits per heavy atom. The molecule has 2 saturated heterocycles. The average molecular weight is 332 g/mol. The Morgan fingerprint density at radius 3 is 2.64 bits per heavy atom. The number of likely N-dealkylation sites (tertiary alicyclic amines) is 2. The summed E-state index contributed by atoms with van der Waals surface area (Å²) in [6.45, 7) is 3.36. The number of hydrogen-bond donors (Lipinski definition) is 0. The second kappa shape index (κ2) is 6.33. The Bertz CT molecular complexity index is 796. The van der Waals surface area contributed by atoms with Crippen LogP contribution in [-0.4, -0.2) is 57.3 Å². The maximum atomic E-state index is 4.41. The molecule has 3 heterocycles. The van der Waals surface area contributed by atoms with Gasteiger partial charge in [0.1, 0.15) is 0 Å². The van der Waals surface area contributed by atoms with E-state index in [1.807, 2.05) is 35.3 Å². The molecule has 0 amide bonds. The predicted molar refractivity (Wildman–Crippen MR) is 98.6 cm³/mol. The minimum absolute atomic E-state index is 0.729. The lowest BCUT2D eigenvalue weighted by atomic mass is 9.91. The highest BCUT2D eigenvalue weighted by Gasteiger charge is 2.46. The van der Waals surface area contributed by atoms with E-state index < -0.39 is 0 Å². The van der Waals surface area contributed by atoms with Crippen LogP contribution >= 0.6 is 0 Å². The largest absolute Gasteiger partial charge is 0.295 e. The van der Waals surface area contributed by atoms with Gasteiger partial charge in [0.15, 0.2) is 0 Å². The summed E-state index contributed by atoms with van der Waals surface area (Å²) < 4.78 is 1.89. The summed E-state index contributed by atoms with van der Waals surface area (Å²) in [5, 5.41) is 4.41. The van der Waals surface area contributed by atoms with Crippen molar-refractivity contribution in [1.82, 2.24) is 19.6 Å². The molecule has 0 N–H and O–H groups in total. The molecule has 2 aliphatic heterocycles. The second-order valence-electron chi connectivity index (χ2n) is 7.57. The van der Waals surface area contributed by atoms with Gasteiger partial charge in [-0.3, -0.25) is 9.80 Å². The third-order valence-corrected chi connectivity index (χ3v) is 6.06. The van der Waals surface area contributed by atoms with Crippen molar-refractivity contribution in [3.05, 3.63) is 48.3 Å². The molecule has 1 aliphatic carbocycles. The first-order chi connectivity index (χ1) is 12.4. The molecule has 2 bridgehead atoms. The van der Waals surface area contributed by atoms with Crippen molar-refractivity contribution in [1.29, 1.82) is 0 Å². The first kappa shape index (κ1) is 15.2. The van der Waals surface area contributed by atoms with Crippen LogP contribution in [-0.2, 0) is 0 Å². The van der Waals surface area contributed by atoms with Gasteiger partial charge >= 0.3 is 0 Å². The quantitative estimate of drug-likeness (QED) is 0.808. The normalized spacial score (nSPS) is 26.4. The second-order valence-corrected chi connectivity index (χ2v) is 7.57. The molecule has 0 radical (unpaired) electrons. The topological polar surface area (TPSA) is 24.3 Å². The molecular formula is C21H24N4. The van der Waals surface area contributed by atoms with Crippen LogP contribution < -0.4 is 0 Å². The van der Waals surface area contributed by atoms with Crippen molar-refractivity contribution in [2.75, 3.05) is 19.6 Å². The zero-order valence-electron chi connectivity index (χ0n) is 14.5. The molecule has 0 spiro atoms. The zero-order chi connectivity index (χ0) is 16.6. The fourth-order valence-corrected chi connectivity index (χ4v) is 4.49. The third-order valence-electron chi connectivity index (χ3n) is 6.06. The van der Waals surface area contributed by atoms with Gasteiger partial charge in [-0.2, -0.15) is 5.10 Å². The summed E-state index contributed by atoms with van der Waals surface area (Å²) >= 11 is 0. The summed E-state index contributed by atoms with van der Waals surface area (Å²) in [6.07, 6.45) is 9.50. The molecule has 1 saturated carbocycles. The average Bonchev–Trinajstić information content (AvgIpc) is 3.30. The standard InChI is InChI=1S/C21H24N4/c1-2-7-19(8-3-1)25-14-17(13-22-25)6-5-11-23-15-21-12-20(23)16-24(21)18-9-4-10-18/h1-3,7-8,13-14,18,20-21H,4,9-12,15-16H2/t20-,21-/m0/s1. The maximum absolute atomic E-state index is 4.41. The monoisotopic (exact) mass is 332 g/mol. The van der Waals surface area contributed by atoms with Crippen LogP contribution in [0.4, 0.5) is 0 Å². The van der Waals surface area contributed by atoms with E-state index >= 15 is 0 Å². The van der Waals surface area contributed by atoms with E-state index in [-0.39, 0.29) is 0 Å². The van der Waals surface area contributed by atoms with Crippen molar-refractivity contribution in [3.8, 4) is 17.5 Å². The molecule has 2 atom stereocenters. The highest BCUT2D eigenvalue weighted by molar-refractivity contribution is 5.36. The Hall–Kier alpha value is -2.09. The molecule has 2 aromatic rings. The number of aromatic nitrogens is 2. The van der Waals surface area contributed by atoms with Gasteiger partial charge in [0.05, 0.1) is 24.0 Å². The maximum Gasteiger partial charge on any atom is 0.0651 e. The summed E-state index contributed by atoms with van der Waals surface area (Å²) in [7, 11) is 0. The van der Waals surface area contributed by atoms with Crippen LogP contribution in [0.1, 0.15) is 31.2 Å². The van der Waals surface area contributed by atoms with Crippen LogP contribution in [0.5, 0.6) is 0 Å². The number of hydrogen-bond acceptors (Lipinski definition) is 3. The van der Waals surface area contributed by atoms with Crippen LogP contribution in [0.15, 0.2) is 42.7 Å². The molecule has 4 heteroatoms. The number of nitrogens with zero attached hydrogens (tertiary/aromatic N) is 4. The highest BCUT2D eigenvalue weighted by atomic mass is 15.4. The van der Waals surface area contributed by atoms with Gasteiger partial charge in [-0.15, -0.1) is 0 Å². The smallest absolute Gasteiger partial charge is 0.0651 e. The molecule has 25 heavy (non-hydrogen) atoms. The van der Waals surface area contributed by atoms with E-state index in [1.165, 1.54) is 38.8 Å². The van der Waals surface area contributed by atoms with E-state index in [1.54, 1.807) is 0 Å².